The first-order valence-electron chi connectivity index (χ1n) is 42.3. The Bertz CT molecular complexity index is 1890. The second kappa shape index (κ2) is 75.3. The molecule has 0 aliphatic carbocycles. The van der Waals surface area contributed by atoms with Crippen LogP contribution in [0.4, 0.5) is 0 Å². The number of unbranched alkanes of at least 4 members (excludes halogenated alkanes) is 56. The summed E-state index contributed by atoms with van der Waals surface area (Å²) in [5.74, 6) is -2.10. The van der Waals surface area contributed by atoms with Crippen LogP contribution >= 0.6 is 15.6 Å². The molecule has 594 valence electrons. The van der Waals surface area contributed by atoms with Gasteiger partial charge in [-0.2, -0.15) is 0 Å². The lowest BCUT2D eigenvalue weighted by Crippen LogP contribution is -2.30. The molecule has 17 nitrogen and oxygen atoms in total. The molecule has 0 fully saturated rings. The van der Waals surface area contributed by atoms with Crippen LogP contribution in [-0.2, 0) is 65.4 Å². The van der Waals surface area contributed by atoms with Crippen LogP contribution in [0.25, 0.3) is 0 Å². The van der Waals surface area contributed by atoms with Gasteiger partial charge in [0.05, 0.1) is 26.4 Å². The van der Waals surface area contributed by atoms with Crippen molar-refractivity contribution in [1.82, 2.24) is 0 Å². The monoisotopic (exact) mass is 1470 g/mol. The number of aliphatic hydroxyl groups excluding tert-OH is 1. The minimum absolute atomic E-state index is 0.109. The zero-order valence-electron chi connectivity index (χ0n) is 65.2. The first-order chi connectivity index (χ1) is 48.7. The summed E-state index contributed by atoms with van der Waals surface area (Å²) < 4.78 is 68.8. The molecule has 0 radical (unpaired) electrons. The van der Waals surface area contributed by atoms with Gasteiger partial charge in [-0.1, -0.05) is 387 Å². The Balaban J connectivity index is 5.26. The molecule has 0 amide bonds. The van der Waals surface area contributed by atoms with Gasteiger partial charge in [0, 0.05) is 25.7 Å². The van der Waals surface area contributed by atoms with Crippen molar-refractivity contribution in [3.63, 3.8) is 0 Å². The van der Waals surface area contributed by atoms with Gasteiger partial charge in [0.15, 0.2) is 12.2 Å². The van der Waals surface area contributed by atoms with Crippen molar-refractivity contribution in [1.29, 1.82) is 0 Å². The predicted molar refractivity (Wildman–Crippen MR) is 409 cm³/mol. The Hall–Kier alpha value is -1.94. The lowest BCUT2D eigenvalue weighted by molar-refractivity contribution is -0.161. The van der Waals surface area contributed by atoms with Crippen molar-refractivity contribution in [2.75, 3.05) is 39.6 Å². The van der Waals surface area contributed by atoms with Gasteiger partial charge < -0.3 is 33.8 Å². The molecule has 0 spiro atoms. The number of aliphatic hydroxyl groups is 1. The maximum absolute atomic E-state index is 13.1. The summed E-state index contributed by atoms with van der Waals surface area (Å²) in [5.41, 5.74) is 0. The number of carbonyl (C=O) groups is 4. The minimum Gasteiger partial charge on any atom is -0.462 e. The van der Waals surface area contributed by atoms with Crippen LogP contribution in [0, 0.1) is 0 Å². The van der Waals surface area contributed by atoms with Gasteiger partial charge in [-0.15, -0.1) is 0 Å². The zero-order chi connectivity index (χ0) is 73.2. The largest absolute Gasteiger partial charge is 0.472 e. The second-order valence-corrected chi connectivity index (χ2v) is 32.1. The van der Waals surface area contributed by atoms with Crippen LogP contribution in [0.2, 0.25) is 0 Å². The number of hydrogen-bond donors (Lipinski definition) is 3. The Morgan fingerprint density at radius 2 is 0.400 bits per heavy atom. The number of rotatable bonds is 82. The van der Waals surface area contributed by atoms with E-state index in [0.29, 0.717) is 25.7 Å². The van der Waals surface area contributed by atoms with E-state index in [4.69, 9.17) is 37.0 Å². The number of phosphoric ester groups is 2. The van der Waals surface area contributed by atoms with Crippen LogP contribution in [0.15, 0.2) is 0 Å². The van der Waals surface area contributed by atoms with Gasteiger partial charge in [0.2, 0.25) is 0 Å². The highest BCUT2D eigenvalue weighted by atomic mass is 31.2. The molecule has 0 aromatic rings. The second-order valence-electron chi connectivity index (χ2n) is 29.2. The minimum atomic E-state index is -4.96. The lowest BCUT2D eigenvalue weighted by Gasteiger charge is -2.21. The van der Waals surface area contributed by atoms with Crippen molar-refractivity contribution in [3.05, 3.63) is 0 Å². The summed E-state index contributed by atoms with van der Waals surface area (Å²) in [7, 11) is -9.92. The topological polar surface area (TPSA) is 237 Å². The number of esters is 4. The first-order valence-corrected chi connectivity index (χ1v) is 45.3. The van der Waals surface area contributed by atoms with E-state index < -0.39 is 97.5 Å². The van der Waals surface area contributed by atoms with Crippen LogP contribution in [0.3, 0.4) is 0 Å². The van der Waals surface area contributed by atoms with E-state index in [2.05, 4.69) is 27.7 Å². The highest BCUT2D eigenvalue weighted by Crippen LogP contribution is 2.45. The van der Waals surface area contributed by atoms with Crippen molar-refractivity contribution in [3.8, 4) is 0 Å². The predicted octanol–water partition coefficient (Wildman–Crippen LogP) is 24.6. The maximum atomic E-state index is 13.1. The van der Waals surface area contributed by atoms with Gasteiger partial charge in [0.25, 0.3) is 0 Å². The van der Waals surface area contributed by atoms with E-state index in [9.17, 15) is 43.2 Å². The summed E-state index contributed by atoms with van der Waals surface area (Å²) in [6, 6.07) is 0. The van der Waals surface area contributed by atoms with Crippen LogP contribution in [0.1, 0.15) is 439 Å². The Morgan fingerprint density at radius 1 is 0.240 bits per heavy atom. The molecule has 2 unspecified atom stereocenters. The fraction of sp³-hybridized carbons (Fsp3) is 0.951. The van der Waals surface area contributed by atoms with Gasteiger partial charge in [-0.05, 0) is 25.7 Å². The molecular weight excluding hydrogens is 1310 g/mol. The molecule has 5 atom stereocenters. The Kier molecular flexibility index (Phi) is 73.8. The van der Waals surface area contributed by atoms with Crippen molar-refractivity contribution in [2.24, 2.45) is 0 Å². The summed E-state index contributed by atoms with van der Waals surface area (Å²) in [6.07, 6.45) is 67.7. The molecule has 0 aromatic carbocycles. The van der Waals surface area contributed by atoms with Gasteiger partial charge in [-0.3, -0.25) is 37.3 Å². The first kappa shape index (κ1) is 98.1. The lowest BCUT2D eigenvalue weighted by atomic mass is 10.0. The Morgan fingerprint density at radius 3 is 0.590 bits per heavy atom. The van der Waals surface area contributed by atoms with Gasteiger partial charge in [0.1, 0.15) is 19.3 Å². The number of carbonyl (C=O) groups excluding carboxylic acids is 4. The standard InChI is InChI=1S/C81H158O17P2/c1-5-9-13-17-21-25-29-33-36-37-40-44-48-52-56-60-64-68-81(86)98-77(72-92-79(84)66-62-58-54-50-46-42-38-34-30-26-22-18-14-10-6-2)74-96-100(89,90)94-70-75(82)69-93-99(87,88)95-73-76(71-91-78(83)65-61-57-53-49-45-41-32-28-24-20-16-12-8-4)97-80(85)67-63-59-55-51-47-43-39-35-31-27-23-19-15-11-7-3/h75-77,82H,5-74H2,1-4H3,(H,87,88)(H,89,90)/t75-,76-,77-/m1/s1. The third-order valence-corrected chi connectivity index (χ3v) is 21.0. The molecule has 19 heteroatoms. The van der Waals surface area contributed by atoms with E-state index in [1.165, 1.54) is 270 Å². The number of ether oxygens (including phenoxy) is 4. The van der Waals surface area contributed by atoms with E-state index in [1.54, 1.807) is 0 Å². The summed E-state index contributed by atoms with van der Waals surface area (Å²) in [5, 5.41) is 10.7. The average molecular weight is 1470 g/mol. The highest BCUT2D eigenvalue weighted by molar-refractivity contribution is 7.47. The van der Waals surface area contributed by atoms with Crippen molar-refractivity contribution >= 4 is 39.5 Å². The molecule has 0 bridgehead atoms. The zero-order valence-corrected chi connectivity index (χ0v) is 67.0. The SMILES string of the molecule is CCCCCCCCCCCCCCCCCCCC(=O)O[C@H](COC(=O)CCCCCCCCCCCCCCCCC)COP(=O)(O)OC[C@H](O)COP(=O)(O)OC[C@@H](COC(=O)CCCCCCCCCCCCCCC)OC(=O)CCCCCCCCCCCCCCCCC. The summed E-state index contributed by atoms with van der Waals surface area (Å²) in [6.45, 7) is 5.04. The molecule has 0 aliphatic rings. The van der Waals surface area contributed by atoms with Gasteiger partial charge in [-0.25, -0.2) is 9.13 Å². The third kappa shape index (κ3) is 74.3. The Labute approximate surface area is 613 Å². The normalized spacial score (nSPS) is 13.8. The molecule has 0 rings (SSSR count). The fourth-order valence-electron chi connectivity index (χ4n) is 12.6. The molecule has 3 N–H and O–H groups in total. The van der Waals surface area contributed by atoms with Crippen molar-refractivity contribution < 1.29 is 80.2 Å². The maximum Gasteiger partial charge on any atom is 0.472 e. The van der Waals surface area contributed by atoms with E-state index in [0.717, 1.165) is 89.9 Å². The van der Waals surface area contributed by atoms with E-state index in [-0.39, 0.29) is 25.7 Å². The van der Waals surface area contributed by atoms with Crippen LogP contribution in [0.5, 0.6) is 0 Å². The average Bonchev–Trinajstić information content (AvgIpc) is 1.22. The molecule has 0 saturated carbocycles. The van der Waals surface area contributed by atoms with E-state index in [1.807, 2.05) is 0 Å². The molecule has 0 aliphatic heterocycles. The smallest absolute Gasteiger partial charge is 0.462 e. The summed E-state index contributed by atoms with van der Waals surface area (Å²) in [4.78, 5) is 73.1. The molecule has 0 saturated heterocycles. The van der Waals surface area contributed by atoms with Crippen molar-refractivity contribution in [2.45, 2.75) is 457 Å². The summed E-state index contributed by atoms with van der Waals surface area (Å²) >= 11 is 0. The highest BCUT2D eigenvalue weighted by Gasteiger charge is 2.30. The molecule has 0 aromatic heterocycles. The van der Waals surface area contributed by atoms with Crippen LogP contribution in [-0.4, -0.2) is 96.7 Å². The fourth-order valence-corrected chi connectivity index (χ4v) is 14.2. The van der Waals surface area contributed by atoms with Crippen LogP contribution < -0.4 is 0 Å². The number of hydrogen-bond acceptors (Lipinski definition) is 15. The molecule has 100 heavy (non-hydrogen) atoms. The molecular formula is C81H158O17P2. The third-order valence-electron chi connectivity index (χ3n) is 19.1. The molecule has 0 heterocycles. The number of phosphoric acid groups is 2. The van der Waals surface area contributed by atoms with Gasteiger partial charge >= 0.3 is 39.5 Å². The quantitative estimate of drug-likeness (QED) is 0.0222. The van der Waals surface area contributed by atoms with E-state index >= 15 is 0 Å².